The number of rotatable bonds is 5. The Bertz CT molecular complexity index is 777. The summed E-state index contributed by atoms with van der Waals surface area (Å²) in [5, 5.41) is 1.94. The second kappa shape index (κ2) is 5.79. The molecule has 0 aliphatic carbocycles. The number of carbonyl (C=O) groups excluding carboxylic acids is 1. The third-order valence-corrected chi connectivity index (χ3v) is 3.55. The van der Waals surface area contributed by atoms with Crippen LogP contribution in [0.1, 0.15) is 23.1 Å². The minimum Gasteiger partial charge on any atom is -0.485 e. The fourth-order valence-corrected chi connectivity index (χ4v) is 2.43. The van der Waals surface area contributed by atoms with Gasteiger partial charge in [-0.3, -0.25) is 4.79 Å². The van der Waals surface area contributed by atoms with Crippen molar-refractivity contribution in [1.82, 2.24) is 9.55 Å². The summed E-state index contributed by atoms with van der Waals surface area (Å²) in [7, 11) is 0. The van der Waals surface area contributed by atoms with E-state index in [1.54, 1.807) is 6.20 Å². The van der Waals surface area contributed by atoms with Crippen LogP contribution in [0.4, 0.5) is 0 Å². The summed E-state index contributed by atoms with van der Waals surface area (Å²) in [6, 6.07) is 11.6. The molecule has 2 aromatic carbocycles. The summed E-state index contributed by atoms with van der Waals surface area (Å²) in [5.41, 5.74) is 0.586. The van der Waals surface area contributed by atoms with E-state index in [1.165, 1.54) is 0 Å². The van der Waals surface area contributed by atoms with Gasteiger partial charge in [-0.15, -0.1) is 0 Å². The van der Waals surface area contributed by atoms with E-state index in [0.717, 1.165) is 29.4 Å². The van der Waals surface area contributed by atoms with Gasteiger partial charge in [-0.1, -0.05) is 30.3 Å². The van der Waals surface area contributed by atoms with E-state index in [1.807, 2.05) is 47.2 Å². The summed E-state index contributed by atoms with van der Waals surface area (Å²) in [6.45, 7) is 3.25. The Hall–Kier alpha value is -2.62. The second-order valence-corrected chi connectivity index (χ2v) is 4.73. The molecule has 21 heavy (non-hydrogen) atoms. The molecule has 4 heteroatoms. The predicted octanol–water partition coefficient (Wildman–Crippen LogP) is 3.45. The Balaban J connectivity index is 1.92. The van der Waals surface area contributed by atoms with Crippen LogP contribution in [0.2, 0.25) is 0 Å². The lowest BCUT2D eigenvalue weighted by atomic mass is 10.0. The molecule has 0 saturated heterocycles. The minimum atomic E-state index is 0.347. The van der Waals surface area contributed by atoms with Crippen molar-refractivity contribution < 1.29 is 9.53 Å². The van der Waals surface area contributed by atoms with E-state index in [9.17, 15) is 4.79 Å². The second-order valence-electron chi connectivity index (χ2n) is 4.73. The molecule has 0 amide bonds. The first kappa shape index (κ1) is 13.4. The monoisotopic (exact) mass is 280 g/mol. The maximum Gasteiger partial charge on any atom is 0.154 e. The van der Waals surface area contributed by atoms with Crippen LogP contribution in [-0.2, 0) is 13.2 Å². The molecule has 0 unspecified atom stereocenters. The van der Waals surface area contributed by atoms with Crippen molar-refractivity contribution in [2.75, 3.05) is 0 Å². The fraction of sp³-hybridized carbons (Fsp3) is 0.176. The van der Waals surface area contributed by atoms with Crippen molar-refractivity contribution in [3.05, 3.63) is 60.2 Å². The summed E-state index contributed by atoms with van der Waals surface area (Å²) in [5.74, 6) is 1.44. The molecule has 0 aliphatic heterocycles. The average Bonchev–Trinajstić information content (AvgIpc) is 2.99. The number of aldehydes is 1. The van der Waals surface area contributed by atoms with Gasteiger partial charge in [-0.2, -0.15) is 0 Å². The van der Waals surface area contributed by atoms with Crippen LogP contribution in [-0.4, -0.2) is 15.8 Å². The third kappa shape index (κ3) is 2.52. The maximum atomic E-state index is 11.4. The van der Waals surface area contributed by atoms with Gasteiger partial charge >= 0.3 is 0 Å². The molecule has 0 fully saturated rings. The van der Waals surface area contributed by atoms with Gasteiger partial charge < -0.3 is 9.30 Å². The Morgan fingerprint density at radius 2 is 2.10 bits per heavy atom. The van der Waals surface area contributed by atoms with E-state index >= 15 is 0 Å². The van der Waals surface area contributed by atoms with Crippen LogP contribution in [0, 0.1) is 0 Å². The molecule has 0 bridgehead atoms. The van der Waals surface area contributed by atoms with Crippen LogP contribution in [0.15, 0.2) is 48.8 Å². The van der Waals surface area contributed by atoms with Gasteiger partial charge in [0.25, 0.3) is 0 Å². The number of aromatic nitrogens is 2. The Labute approximate surface area is 123 Å². The van der Waals surface area contributed by atoms with Crippen molar-refractivity contribution in [3.8, 4) is 5.75 Å². The van der Waals surface area contributed by atoms with E-state index in [0.29, 0.717) is 17.9 Å². The standard InChI is InChI=1S/C17H16N2O2/c1-2-19-10-9-18-17(19)12-21-16-8-7-13-5-3-4-6-14(13)15(16)11-20/h3-11H,2,12H2,1H3. The number of carbonyl (C=O) groups is 1. The molecular formula is C17H16N2O2. The summed E-state index contributed by atoms with van der Waals surface area (Å²) >= 11 is 0. The summed E-state index contributed by atoms with van der Waals surface area (Å²) in [6.07, 6.45) is 4.52. The number of hydrogen-bond donors (Lipinski definition) is 0. The quantitative estimate of drug-likeness (QED) is 0.672. The molecule has 106 valence electrons. The Morgan fingerprint density at radius 1 is 1.24 bits per heavy atom. The Kier molecular flexibility index (Phi) is 3.69. The molecule has 0 N–H and O–H groups in total. The van der Waals surface area contributed by atoms with E-state index in [2.05, 4.69) is 11.9 Å². The van der Waals surface area contributed by atoms with Crippen LogP contribution < -0.4 is 4.74 Å². The minimum absolute atomic E-state index is 0.347. The first-order valence-electron chi connectivity index (χ1n) is 6.93. The molecule has 0 saturated carbocycles. The van der Waals surface area contributed by atoms with Crippen molar-refractivity contribution in [2.24, 2.45) is 0 Å². The highest BCUT2D eigenvalue weighted by molar-refractivity contribution is 6.00. The molecule has 3 rings (SSSR count). The molecular weight excluding hydrogens is 264 g/mol. The van der Waals surface area contributed by atoms with E-state index in [-0.39, 0.29) is 0 Å². The van der Waals surface area contributed by atoms with Crippen LogP contribution in [0.5, 0.6) is 5.75 Å². The lowest BCUT2D eigenvalue weighted by Gasteiger charge is -2.11. The summed E-state index contributed by atoms with van der Waals surface area (Å²) in [4.78, 5) is 15.7. The highest BCUT2D eigenvalue weighted by Crippen LogP contribution is 2.27. The lowest BCUT2D eigenvalue weighted by molar-refractivity contribution is 0.112. The fourth-order valence-electron chi connectivity index (χ4n) is 2.43. The van der Waals surface area contributed by atoms with E-state index in [4.69, 9.17) is 4.74 Å². The SMILES string of the molecule is CCn1ccnc1COc1ccc2ccccc2c1C=O. The molecule has 1 aromatic heterocycles. The number of benzene rings is 2. The third-order valence-electron chi connectivity index (χ3n) is 3.55. The number of imidazole rings is 1. The van der Waals surface area contributed by atoms with Gasteiger partial charge in [0.2, 0.25) is 0 Å². The predicted molar refractivity (Wildman–Crippen MR) is 81.6 cm³/mol. The maximum absolute atomic E-state index is 11.4. The largest absolute Gasteiger partial charge is 0.485 e. The average molecular weight is 280 g/mol. The van der Waals surface area contributed by atoms with Crippen molar-refractivity contribution in [3.63, 3.8) is 0 Å². The van der Waals surface area contributed by atoms with Crippen molar-refractivity contribution in [1.29, 1.82) is 0 Å². The van der Waals surface area contributed by atoms with Crippen LogP contribution in [0.25, 0.3) is 10.8 Å². The van der Waals surface area contributed by atoms with Gasteiger partial charge in [-0.25, -0.2) is 4.98 Å². The van der Waals surface area contributed by atoms with Gasteiger partial charge in [0.15, 0.2) is 6.29 Å². The lowest BCUT2D eigenvalue weighted by Crippen LogP contribution is -2.06. The van der Waals surface area contributed by atoms with E-state index < -0.39 is 0 Å². The van der Waals surface area contributed by atoms with Crippen molar-refractivity contribution >= 4 is 17.1 Å². The highest BCUT2D eigenvalue weighted by Gasteiger charge is 2.09. The first-order chi connectivity index (χ1) is 10.3. The number of hydrogen-bond acceptors (Lipinski definition) is 3. The van der Waals surface area contributed by atoms with Crippen LogP contribution in [0.3, 0.4) is 0 Å². The first-order valence-corrected chi connectivity index (χ1v) is 6.93. The summed E-state index contributed by atoms with van der Waals surface area (Å²) < 4.78 is 7.82. The van der Waals surface area contributed by atoms with Gasteiger partial charge in [0.05, 0.1) is 5.56 Å². The molecule has 0 radical (unpaired) electrons. The zero-order chi connectivity index (χ0) is 14.7. The van der Waals surface area contributed by atoms with Gasteiger partial charge in [-0.05, 0) is 23.8 Å². The molecule has 0 spiro atoms. The molecule has 3 aromatic rings. The van der Waals surface area contributed by atoms with Gasteiger partial charge in [0, 0.05) is 18.9 Å². The molecule has 0 aliphatic rings. The molecule has 4 nitrogen and oxygen atoms in total. The Morgan fingerprint density at radius 3 is 2.90 bits per heavy atom. The zero-order valence-electron chi connectivity index (χ0n) is 11.8. The number of ether oxygens (including phenoxy) is 1. The normalized spacial score (nSPS) is 10.7. The number of aryl methyl sites for hydroxylation is 1. The number of fused-ring (bicyclic) bond motifs is 1. The molecule has 0 atom stereocenters. The topological polar surface area (TPSA) is 44.1 Å². The zero-order valence-corrected chi connectivity index (χ0v) is 11.8. The van der Waals surface area contributed by atoms with Crippen molar-refractivity contribution in [2.45, 2.75) is 20.1 Å². The number of nitrogens with zero attached hydrogens (tertiary/aromatic N) is 2. The molecule has 1 heterocycles. The smallest absolute Gasteiger partial charge is 0.154 e. The highest BCUT2D eigenvalue weighted by atomic mass is 16.5. The van der Waals surface area contributed by atoms with Crippen LogP contribution >= 0.6 is 0 Å². The van der Waals surface area contributed by atoms with Gasteiger partial charge in [0.1, 0.15) is 18.2 Å².